The maximum atomic E-state index is 11.9. The molecule has 0 radical (unpaired) electrons. The summed E-state index contributed by atoms with van der Waals surface area (Å²) in [6.45, 7) is 1.34. The van der Waals surface area contributed by atoms with Gasteiger partial charge in [-0.15, -0.1) is 11.3 Å². The Morgan fingerprint density at radius 3 is 2.78 bits per heavy atom. The van der Waals surface area contributed by atoms with Crippen molar-refractivity contribution in [3.05, 3.63) is 41.7 Å². The van der Waals surface area contributed by atoms with Crippen LogP contribution in [-0.2, 0) is 15.6 Å². The lowest BCUT2D eigenvalue weighted by Crippen LogP contribution is -2.38. The predicted octanol–water partition coefficient (Wildman–Crippen LogP) is 1.53. The molecule has 0 amide bonds. The average Bonchev–Trinajstić information content (AvgIpc) is 2.99. The Hall–Kier alpha value is -1.15. The summed E-state index contributed by atoms with van der Waals surface area (Å²) >= 11 is 1.12. The largest absolute Gasteiger partial charge is 0.466 e. The van der Waals surface area contributed by atoms with E-state index in [4.69, 9.17) is 4.42 Å². The van der Waals surface area contributed by atoms with E-state index in [1.165, 1.54) is 19.3 Å². The van der Waals surface area contributed by atoms with E-state index in [9.17, 15) is 13.5 Å². The Morgan fingerprint density at radius 1 is 1.44 bits per heavy atom. The molecule has 2 rings (SSSR count). The van der Waals surface area contributed by atoms with E-state index in [1.807, 2.05) is 0 Å². The number of aliphatic hydroxyl groups is 1. The van der Waals surface area contributed by atoms with Gasteiger partial charge in [-0.2, -0.15) is 0 Å². The van der Waals surface area contributed by atoms with Crippen LogP contribution in [0.2, 0.25) is 0 Å². The molecule has 5 nitrogen and oxygen atoms in total. The van der Waals surface area contributed by atoms with E-state index in [1.54, 1.807) is 23.6 Å². The third kappa shape index (κ3) is 2.81. The van der Waals surface area contributed by atoms with E-state index in [2.05, 4.69) is 4.72 Å². The van der Waals surface area contributed by atoms with Gasteiger partial charge in [-0.25, -0.2) is 13.1 Å². The summed E-state index contributed by atoms with van der Waals surface area (Å²) in [5.41, 5.74) is -1.38. The molecule has 0 aromatic carbocycles. The van der Waals surface area contributed by atoms with Crippen molar-refractivity contribution in [2.24, 2.45) is 0 Å². The van der Waals surface area contributed by atoms with Gasteiger partial charge < -0.3 is 9.52 Å². The average molecular weight is 287 g/mol. The molecule has 0 aliphatic carbocycles. The molecule has 0 spiro atoms. The number of thiophene rings is 1. The van der Waals surface area contributed by atoms with Gasteiger partial charge in [-0.1, -0.05) is 6.07 Å². The number of hydrogen-bond acceptors (Lipinski definition) is 5. The van der Waals surface area contributed by atoms with Crippen molar-refractivity contribution < 1.29 is 17.9 Å². The lowest BCUT2D eigenvalue weighted by Gasteiger charge is -2.20. The summed E-state index contributed by atoms with van der Waals surface area (Å²) in [5, 5.41) is 11.8. The van der Waals surface area contributed by atoms with Gasteiger partial charge in [0.15, 0.2) is 0 Å². The molecular weight excluding hydrogens is 274 g/mol. The van der Waals surface area contributed by atoms with Gasteiger partial charge in [0.25, 0.3) is 0 Å². The summed E-state index contributed by atoms with van der Waals surface area (Å²) < 4.78 is 31.4. The fraction of sp³-hybridized carbons (Fsp3) is 0.273. The van der Waals surface area contributed by atoms with Crippen LogP contribution in [0, 0.1) is 0 Å². The normalized spacial score (nSPS) is 15.4. The Morgan fingerprint density at radius 2 is 2.22 bits per heavy atom. The molecule has 0 aliphatic heterocycles. The topological polar surface area (TPSA) is 79.5 Å². The van der Waals surface area contributed by atoms with Crippen molar-refractivity contribution in [3.63, 3.8) is 0 Å². The van der Waals surface area contributed by atoms with Crippen LogP contribution in [0.1, 0.15) is 12.7 Å². The Labute approximate surface area is 109 Å². The van der Waals surface area contributed by atoms with Gasteiger partial charge in [0.2, 0.25) is 10.0 Å². The fourth-order valence-electron chi connectivity index (χ4n) is 1.40. The molecule has 0 saturated carbocycles. The number of hydrogen-bond donors (Lipinski definition) is 2. The van der Waals surface area contributed by atoms with Crippen LogP contribution in [0.25, 0.3) is 0 Å². The smallest absolute Gasteiger partial charge is 0.250 e. The second-order valence-corrected chi connectivity index (χ2v) is 6.95. The summed E-state index contributed by atoms with van der Waals surface area (Å²) in [5.74, 6) is 0.316. The van der Waals surface area contributed by atoms with Gasteiger partial charge in [0.05, 0.1) is 6.26 Å². The number of sulfonamides is 1. The SMILES string of the molecule is C[C@@](O)(CNS(=O)(=O)c1cccs1)c1ccco1. The molecule has 1 atom stereocenters. The fourth-order valence-corrected chi connectivity index (χ4v) is 3.56. The van der Waals surface area contributed by atoms with Crippen molar-refractivity contribution in [1.82, 2.24) is 4.72 Å². The van der Waals surface area contributed by atoms with Gasteiger partial charge >= 0.3 is 0 Å². The van der Waals surface area contributed by atoms with Crippen molar-refractivity contribution >= 4 is 21.4 Å². The number of furan rings is 1. The third-order valence-corrected chi connectivity index (χ3v) is 5.22. The van der Waals surface area contributed by atoms with Gasteiger partial charge in [-0.05, 0) is 30.5 Å². The highest BCUT2D eigenvalue weighted by atomic mass is 32.2. The third-order valence-electron chi connectivity index (χ3n) is 2.42. The van der Waals surface area contributed by atoms with Crippen LogP contribution in [0.5, 0.6) is 0 Å². The predicted molar refractivity (Wildman–Crippen MR) is 67.8 cm³/mol. The van der Waals surface area contributed by atoms with Crippen molar-refractivity contribution in [3.8, 4) is 0 Å². The minimum Gasteiger partial charge on any atom is -0.466 e. The Kier molecular flexibility index (Phi) is 3.58. The van der Waals surface area contributed by atoms with E-state index in [-0.39, 0.29) is 10.8 Å². The molecule has 0 fully saturated rings. The highest BCUT2D eigenvalue weighted by molar-refractivity contribution is 7.91. The summed E-state index contributed by atoms with van der Waals surface area (Å²) in [6.07, 6.45) is 1.43. The molecule has 98 valence electrons. The van der Waals surface area contributed by atoms with Crippen LogP contribution >= 0.6 is 11.3 Å². The van der Waals surface area contributed by atoms with E-state index < -0.39 is 15.6 Å². The molecular formula is C11H13NO4S2. The minimum atomic E-state index is -3.57. The molecule has 7 heteroatoms. The standard InChI is InChI=1S/C11H13NO4S2/c1-11(13,9-4-2-6-16-9)8-12-18(14,15)10-5-3-7-17-10/h2-7,12-13H,8H2,1H3/t11-/m1/s1. The zero-order valence-electron chi connectivity index (χ0n) is 9.66. The van der Waals surface area contributed by atoms with Crippen molar-refractivity contribution in [2.45, 2.75) is 16.7 Å². The zero-order chi connectivity index (χ0) is 13.2. The second kappa shape index (κ2) is 4.85. The highest BCUT2D eigenvalue weighted by Gasteiger charge is 2.28. The molecule has 2 aromatic heterocycles. The molecule has 2 N–H and O–H groups in total. The first-order valence-corrected chi connectivity index (χ1v) is 7.58. The van der Waals surface area contributed by atoms with Crippen LogP contribution < -0.4 is 4.72 Å². The first-order chi connectivity index (χ1) is 8.42. The molecule has 0 bridgehead atoms. The number of rotatable bonds is 5. The summed E-state index contributed by atoms with van der Waals surface area (Å²) in [6, 6.07) is 6.40. The highest BCUT2D eigenvalue weighted by Crippen LogP contribution is 2.21. The first-order valence-electron chi connectivity index (χ1n) is 5.21. The van der Waals surface area contributed by atoms with Gasteiger partial charge in [0, 0.05) is 6.54 Å². The Balaban J connectivity index is 2.09. The first kappa shape index (κ1) is 13.3. The summed E-state index contributed by atoms with van der Waals surface area (Å²) in [4.78, 5) is 0. The van der Waals surface area contributed by atoms with E-state index >= 15 is 0 Å². The van der Waals surface area contributed by atoms with Gasteiger partial charge in [0.1, 0.15) is 15.6 Å². The van der Waals surface area contributed by atoms with Crippen LogP contribution in [-0.4, -0.2) is 20.1 Å². The maximum Gasteiger partial charge on any atom is 0.250 e. The van der Waals surface area contributed by atoms with E-state index in [0.717, 1.165) is 11.3 Å². The van der Waals surface area contributed by atoms with Crippen molar-refractivity contribution in [1.29, 1.82) is 0 Å². The minimum absolute atomic E-state index is 0.152. The molecule has 2 aromatic rings. The molecule has 2 heterocycles. The van der Waals surface area contributed by atoms with Crippen molar-refractivity contribution in [2.75, 3.05) is 6.54 Å². The second-order valence-electron chi connectivity index (χ2n) is 4.01. The number of nitrogens with one attached hydrogen (secondary N) is 1. The van der Waals surface area contributed by atoms with Crippen LogP contribution in [0.15, 0.2) is 44.5 Å². The van der Waals surface area contributed by atoms with Crippen LogP contribution in [0.4, 0.5) is 0 Å². The Bertz CT molecular complexity index is 585. The van der Waals surface area contributed by atoms with E-state index in [0.29, 0.717) is 5.76 Å². The lowest BCUT2D eigenvalue weighted by molar-refractivity contribution is 0.0396. The zero-order valence-corrected chi connectivity index (χ0v) is 11.3. The van der Waals surface area contributed by atoms with Crippen LogP contribution in [0.3, 0.4) is 0 Å². The van der Waals surface area contributed by atoms with Gasteiger partial charge in [-0.3, -0.25) is 0 Å². The summed E-state index contributed by atoms with van der Waals surface area (Å²) in [7, 11) is -3.57. The molecule has 0 unspecified atom stereocenters. The molecule has 18 heavy (non-hydrogen) atoms. The quantitative estimate of drug-likeness (QED) is 0.874. The molecule has 0 aliphatic rings. The lowest BCUT2D eigenvalue weighted by atomic mass is 10.1. The maximum absolute atomic E-state index is 11.9. The monoisotopic (exact) mass is 287 g/mol. The molecule has 0 saturated heterocycles.